The van der Waals surface area contributed by atoms with Gasteiger partial charge >= 0.3 is 0 Å². The summed E-state index contributed by atoms with van der Waals surface area (Å²) in [4.78, 5) is 3.59. The maximum Gasteiger partial charge on any atom is 0.0413 e. The molecule has 0 nitrogen and oxygen atoms in total. The van der Waals surface area contributed by atoms with Crippen molar-refractivity contribution in [3.8, 4) is 5.92 Å². The molecule has 0 atom stereocenters. The zero-order valence-corrected chi connectivity index (χ0v) is 10.8. The van der Waals surface area contributed by atoms with Gasteiger partial charge in [0, 0.05) is 20.2 Å². The van der Waals surface area contributed by atoms with E-state index in [9.17, 15) is 0 Å². The third-order valence-corrected chi connectivity index (χ3v) is 4.27. The monoisotopic (exact) mass is 239 g/mol. The lowest BCUT2D eigenvalue weighted by atomic mass is 10.2. The molecule has 3 heteroatoms. The minimum absolute atomic E-state index is 0.897. The molecule has 0 spiro atoms. The lowest BCUT2D eigenvalue weighted by Gasteiger charge is -2.09. The summed E-state index contributed by atoms with van der Waals surface area (Å²) in [7, 11) is 0. The Kier molecular flexibility index (Phi) is 4.80. The fraction of sp³-hybridized carbons (Fsp3) is 0.273. The van der Waals surface area contributed by atoms with Gasteiger partial charge in [0.2, 0.25) is 0 Å². The summed E-state index contributed by atoms with van der Waals surface area (Å²) in [6.45, 7) is 0. The summed E-state index contributed by atoms with van der Waals surface area (Å²) in [5.74, 6) is 2.50. The average molecular weight is 239 g/mol. The molecule has 1 radical (unpaired) electrons. The van der Waals surface area contributed by atoms with Crippen molar-refractivity contribution in [3.63, 3.8) is 0 Å². The van der Waals surface area contributed by atoms with Gasteiger partial charge in [0.05, 0.1) is 0 Å². The Labute approximate surface area is 98.6 Å². The molecule has 1 rings (SSSR count). The SMILES string of the molecule is [C]#Cc1cc(SC)cc(SC)c1SC. The molecule has 0 unspecified atom stereocenters. The molecule has 0 bridgehead atoms. The van der Waals surface area contributed by atoms with Crippen LogP contribution in [0.2, 0.25) is 0 Å². The molecule has 14 heavy (non-hydrogen) atoms. The predicted molar refractivity (Wildman–Crippen MR) is 68.0 cm³/mol. The fourth-order valence-electron chi connectivity index (χ4n) is 1.15. The van der Waals surface area contributed by atoms with E-state index in [4.69, 9.17) is 6.42 Å². The van der Waals surface area contributed by atoms with Crippen LogP contribution in [-0.2, 0) is 0 Å². The predicted octanol–water partition coefficient (Wildman–Crippen LogP) is 3.79. The lowest BCUT2D eigenvalue weighted by molar-refractivity contribution is 1.17. The minimum atomic E-state index is 0.897. The molecule has 0 aromatic heterocycles. The van der Waals surface area contributed by atoms with E-state index in [1.807, 2.05) is 18.6 Å². The molecular formula is C11H11S3. The Morgan fingerprint density at radius 1 is 1.07 bits per heavy atom. The zero-order valence-electron chi connectivity index (χ0n) is 8.38. The fourth-order valence-corrected chi connectivity index (χ4v) is 3.33. The van der Waals surface area contributed by atoms with E-state index in [1.165, 1.54) is 9.79 Å². The van der Waals surface area contributed by atoms with Crippen LogP contribution in [0.15, 0.2) is 26.8 Å². The van der Waals surface area contributed by atoms with E-state index in [0.717, 1.165) is 10.5 Å². The van der Waals surface area contributed by atoms with Gasteiger partial charge in [-0.05, 0) is 37.3 Å². The topological polar surface area (TPSA) is 0 Å². The second kappa shape index (κ2) is 5.65. The first-order valence-corrected chi connectivity index (χ1v) is 7.67. The third kappa shape index (κ3) is 2.44. The molecule has 1 aromatic carbocycles. The summed E-state index contributed by atoms with van der Waals surface area (Å²) >= 11 is 5.10. The molecule has 0 heterocycles. The highest BCUT2D eigenvalue weighted by atomic mass is 32.2. The van der Waals surface area contributed by atoms with Crippen molar-refractivity contribution in [1.82, 2.24) is 0 Å². The first kappa shape index (κ1) is 11.9. The molecular weight excluding hydrogens is 228 g/mol. The minimum Gasteiger partial charge on any atom is -0.130 e. The van der Waals surface area contributed by atoms with Crippen molar-refractivity contribution in [2.75, 3.05) is 18.8 Å². The van der Waals surface area contributed by atoms with E-state index in [-0.39, 0.29) is 0 Å². The van der Waals surface area contributed by atoms with Crippen LogP contribution < -0.4 is 0 Å². The number of hydrogen-bond donors (Lipinski definition) is 0. The average Bonchev–Trinajstić information content (AvgIpc) is 2.26. The first-order chi connectivity index (χ1) is 6.76. The van der Waals surface area contributed by atoms with Gasteiger partial charge < -0.3 is 0 Å². The van der Waals surface area contributed by atoms with Gasteiger partial charge in [-0.15, -0.1) is 35.3 Å². The van der Waals surface area contributed by atoms with Gasteiger partial charge in [-0.25, -0.2) is 0 Å². The van der Waals surface area contributed by atoms with Gasteiger partial charge in [-0.2, -0.15) is 0 Å². The highest BCUT2D eigenvalue weighted by Crippen LogP contribution is 2.34. The highest BCUT2D eigenvalue weighted by molar-refractivity contribution is 8.01. The number of hydrogen-bond acceptors (Lipinski definition) is 3. The van der Waals surface area contributed by atoms with Gasteiger partial charge in [-0.3, -0.25) is 0 Å². The Hall–Kier alpha value is -0.170. The number of rotatable bonds is 3. The van der Waals surface area contributed by atoms with Crippen molar-refractivity contribution < 1.29 is 0 Å². The molecule has 0 amide bonds. The Morgan fingerprint density at radius 3 is 2.21 bits per heavy atom. The molecule has 0 aliphatic carbocycles. The Bertz CT molecular complexity index is 364. The quantitative estimate of drug-likeness (QED) is 0.582. The van der Waals surface area contributed by atoms with Crippen molar-refractivity contribution in [1.29, 1.82) is 0 Å². The third-order valence-electron chi connectivity index (χ3n) is 1.82. The standard InChI is InChI=1S/C11H11S3/c1-5-8-6-9(12-2)7-10(13-3)11(8)14-4/h6-7H,2-4H3. The second-order valence-corrected chi connectivity index (χ2v) is 5.08. The lowest BCUT2D eigenvalue weighted by Crippen LogP contribution is -1.86. The van der Waals surface area contributed by atoms with Gasteiger partial charge in [0.25, 0.3) is 0 Å². The summed E-state index contributed by atoms with van der Waals surface area (Å²) in [5, 5.41) is 0. The van der Waals surface area contributed by atoms with Gasteiger partial charge in [0.1, 0.15) is 0 Å². The van der Waals surface area contributed by atoms with Crippen LogP contribution in [0, 0.1) is 12.3 Å². The smallest absolute Gasteiger partial charge is 0.0413 e. The van der Waals surface area contributed by atoms with E-state index in [2.05, 4.69) is 18.2 Å². The molecule has 0 fully saturated rings. The van der Waals surface area contributed by atoms with Crippen molar-refractivity contribution >= 4 is 35.3 Å². The normalized spacial score (nSPS) is 9.86. The van der Waals surface area contributed by atoms with Crippen LogP contribution in [0.1, 0.15) is 5.56 Å². The van der Waals surface area contributed by atoms with Crippen LogP contribution in [0.4, 0.5) is 0 Å². The van der Waals surface area contributed by atoms with E-state index in [0.29, 0.717) is 0 Å². The molecule has 73 valence electrons. The van der Waals surface area contributed by atoms with Gasteiger partial charge in [0.15, 0.2) is 0 Å². The van der Waals surface area contributed by atoms with Crippen molar-refractivity contribution in [2.45, 2.75) is 14.7 Å². The van der Waals surface area contributed by atoms with Crippen LogP contribution in [0.25, 0.3) is 0 Å². The van der Waals surface area contributed by atoms with E-state index < -0.39 is 0 Å². The van der Waals surface area contributed by atoms with Crippen molar-refractivity contribution in [2.24, 2.45) is 0 Å². The summed E-state index contributed by atoms with van der Waals surface area (Å²) < 4.78 is 0. The van der Waals surface area contributed by atoms with E-state index >= 15 is 0 Å². The largest absolute Gasteiger partial charge is 0.130 e. The molecule has 0 saturated heterocycles. The number of benzene rings is 1. The van der Waals surface area contributed by atoms with Crippen LogP contribution in [0.3, 0.4) is 0 Å². The zero-order chi connectivity index (χ0) is 10.6. The second-order valence-electron chi connectivity index (χ2n) is 2.54. The summed E-state index contributed by atoms with van der Waals surface area (Å²) in [5.41, 5.74) is 0.897. The molecule has 0 saturated carbocycles. The Morgan fingerprint density at radius 2 is 1.79 bits per heavy atom. The van der Waals surface area contributed by atoms with Crippen LogP contribution in [-0.4, -0.2) is 18.8 Å². The molecule has 0 aliphatic heterocycles. The Balaban J connectivity index is 3.34. The molecule has 1 aromatic rings. The van der Waals surface area contributed by atoms with Gasteiger partial charge in [-0.1, -0.05) is 5.92 Å². The maximum atomic E-state index is 7.25. The number of thioether (sulfide) groups is 3. The summed E-state index contributed by atoms with van der Waals surface area (Å²) in [6.07, 6.45) is 13.4. The van der Waals surface area contributed by atoms with E-state index in [1.54, 1.807) is 35.3 Å². The summed E-state index contributed by atoms with van der Waals surface area (Å²) in [6, 6.07) is 4.19. The first-order valence-electron chi connectivity index (χ1n) is 3.99. The van der Waals surface area contributed by atoms with Crippen LogP contribution >= 0.6 is 35.3 Å². The molecule has 0 N–H and O–H groups in total. The molecule has 0 aliphatic rings. The highest BCUT2D eigenvalue weighted by Gasteiger charge is 2.07. The maximum absolute atomic E-state index is 7.25. The van der Waals surface area contributed by atoms with Crippen molar-refractivity contribution in [3.05, 3.63) is 24.1 Å². The van der Waals surface area contributed by atoms with Crippen LogP contribution in [0.5, 0.6) is 0 Å².